The van der Waals surface area contributed by atoms with Crippen molar-refractivity contribution in [3.8, 4) is 6.07 Å². The second-order valence-corrected chi connectivity index (χ2v) is 5.98. The van der Waals surface area contributed by atoms with Gasteiger partial charge in [-0.3, -0.25) is 9.59 Å². The molecular weight excluding hydrogens is 370 g/mol. The van der Waals surface area contributed by atoms with Crippen molar-refractivity contribution >= 4 is 40.8 Å². The third-order valence-electron chi connectivity index (χ3n) is 3.45. The first-order chi connectivity index (χ1) is 12.9. The molecule has 0 fully saturated rings. The van der Waals surface area contributed by atoms with Crippen molar-refractivity contribution in [1.29, 1.82) is 5.26 Å². The predicted octanol–water partition coefficient (Wildman–Crippen LogP) is 3.30. The number of nitriles is 1. The van der Waals surface area contributed by atoms with Gasteiger partial charge in [0.1, 0.15) is 6.42 Å². The van der Waals surface area contributed by atoms with Crippen molar-refractivity contribution in [1.82, 2.24) is 0 Å². The highest BCUT2D eigenvalue weighted by atomic mass is 35.5. The number of aryl methyl sites for hydroxylation is 1. The third-order valence-corrected chi connectivity index (χ3v) is 3.69. The number of rotatable bonds is 6. The van der Waals surface area contributed by atoms with E-state index in [4.69, 9.17) is 21.6 Å². The summed E-state index contributed by atoms with van der Waals surface area (Å²) in [6.07, 6.45) is -0.259. The maximum atomic E-state index is 12.0. The van der Waals surface area contributed by atoms with Crippen LogP contribution in [0, 0.1) is 18.3 Å². The molecule has 2 N–H and O–H groups in total. The number of amides is 2. The van der Waals surface area contributed by atoms with Crippen molar-refractivity contribution in [3.63, 3.8) is 0 Å². The highest BCUT2D eigenvalue weighted by molar-refractivity contribution is 6.31. The van der Waals surface area contributed by atoms with Gasteiger partial charge in [0.05, 0.1) is 11.6 Å². The van der Waals surface area contributed by atoms with E-state index in [2.05, 4.69) is 10.6 Å². The summed E-state index contributed by atoms with van der Waals surface area (Å²) < 4.78 is 4.98. The molecule has 2 amide bonds. The third kappa shape index (κ3) is 6.13. The number of halogens is 1. The van der Waals surface area contributed by atoms with Crippen LogP contribution in [0.1, 0.15) is 22.3 Å². The summed E-state index contributed by atoms with van der Waals surface area (Å²) in [4.78, 5) is 35.3. The van der Waals surface area contributed by atoms with Crippen molar-refractivity contribution in [2.45, 2.75) is 13.3 Å². The van der Waals surface area contributed by atoms with E-state index in [-0.39, 0.29) is 12.0 Å². The molecule has 138 valence electrons. The molecule has 8 heteroatoms. The van der Waals surface area contributed by atoms with Gasteiger partial charge in [0.2, 0.25) is 5.91 Å². The van der Waals surface area contributed by atoms with Crippen LogP contribution in [0.15, 0.2) is 42.5 Å². The number of carbonyl (C=O) groups excluding carboxylic acids is 3. The van der Waals surface area contributed by atoms with E-state index in [1.54, 1.807) is 24.3 Å². The standard InChI is InChI=1S/C19H16ClN3O4/c1-12-2-5-14(20)10-16(12)23-18(25)11-27-19(26)13-3-6-15(7-4-13)22-17(24)8-9-21/h2-7,10H,8,11H2,1H3,(H,22,24)(H,23,25). The summed E-state index contributed by atoms with van der Waals surface area (Å²) in [5.74, 6) is -1.61. The SMILES string of the molecule is Cc1ccc(Cl)cc1NC(=O)COC(=O)c1ccc(NC(=O)CC#N)cc1. The Bertz CT molecular complexity index is 904. The summed E-state index contributed by atoms with van der Waals surface area (Å²) >= 11 is 5.89. The fourth-order valence-corrected chi connectivity index (χ4v) is 2.27. The van der Waals surface area contributed by atoms with Gasteiger partial charge in [0.15, 0.2) is 6.61 Å². The molecule has 0 saturated carbocycles. The number of ether oxygens (including phenoxy) is 1. The molecular formula is C19H16ClN3O4. The zero-order chi connectivity index (χ0) is 19.8. The van der Waals surface area contributed by atoms with E-state index in [1.165, 1.54) is 24.3 Å². The Morgan fingerprint density at radius 3 is 2.44 bits per heavy atom. The molecule has 0 heterocycles. The number of esters is 1. The van der Waals surface area contributed by atoms with Crippen molar-refractivity contribution in [3.05, 3.63) is 58.6 Å². The number of benzene rings is 2. The topological polar surface area (TPSA) is 108 Å². The summed E-state index contributed by atoms with van der Waals surface area (Å²) in [6, 6.07) is 12.7. The van der Waals surface area contributed by atoms with Crippen LogP contribution in [0.4, 0.5) is 11.4 Å². The Morgan fingerprint density at radius 1 is 1.07 bits per heavy atom. The van der Waals surface area contributed by atoms with Crippen LogP contribution in [0.3, 0.4) is 0 Å². The van der Waals surface area contributed by atoms with Crippen LogP contribution < -0.4 is 10.6 Å². The van der Waals surface area contributed by atoms with E-state index < -0.39 is 24.4 Å². The second kappa shape index (κ2) is 9.36. The normalized spacial score (nSPS) is 9.81. The molecule has 27 heavy (non-hydrogen) atoms. The number of anilines is 2. The minimum Gasteiger partial charge on any atom is -0.452 e. The van der Waals surface area contributed by atoms with Crippen molar-refractivity contribution in [2.24, 2.45) is 0 Å². The molecule has 0 saturated heterocycles. The Balaban J connectivity index is 1.88. The summed E-state index contributed by atoms with van der Waals surface area (Å²) in [5.41, 5.74) is 2.04. The number of carbonyl (C=O) groups is 3. The predicted molar refractivity (Wildman–Crippen MR) is 100 cm³/mol. The lowest BCUT2D eigenvalue weighted by Crippen LogP contribution is -2.21. The van der Waals surface area contributed by atoms with E-state index in [9.17, 15) is 14.4 Å². The molecule has 2 aromatic carbocycles. The first kappa shape index (κ1) is 19.9. The highest BCUT2D eigenvalue weighted by Crippen LogP contribution is 2.20. The lowest BCUT2D eigenvalue weighted by molar-refractivity contribution is -0.119. The van der Waals surface area contributed by atoms with Gasteiger partial charge in [-0.15, -0.1) is 0 Å². The molecule has 0 aliphatic carbocycles. The van der Waals surface area contributed by atoms with Crippen LogP contribution in [-0.4, -0.2) is 24.4 Å². The van der Waals surface area contributed by atoms with E-state index in [1.807, 2.05) is 6.92 Å². The average molecular weight is 386 g/mol. The number of hydrogen-bond acceptors (Lipinski definition) is 5. The largest absolute Gasteiger partial charge is 0.452 e. The smallest absolute Gasteiger partial charge is 0.338 e. The maximum Gasteiger partial charge on any atom is 0.338 e. The lowest BCUT2D eigenvalue weighted by Gasteiger charge is -2.09. The van der Waals surface area contributed by atoms with Crippen molar-refractivity contribution in [2.75, 3.05) is 17.2 Å². The van der Waals surface area contributed by atoms with Gasteiger partial charge in [0.25, 0.3) is 5.91 Å². The van der Waals surface area contributed by atoms with Gasteiger partial charge in [-0.2, -0.15) is 5.26 Å². The Kier molecular flexibility index (Phi) is 6.92. The molecule has 0 aliphatic rings. The first-order valence-corrected chi connectivity index (χ1v) is 8.27. The van der Waals surface area contributed by atoms with Crippen LogP contribution >= 0.6 is 11.6 Å². The fourth-order valence-electron chi connectivity index (χ4n) is 2.10. The maximum absolute atomic E-state index is 12.0. The van der Waals surface area contributed by atoms with Crippen LogP contribution in [0.2, 0.25) is 5.02 Å². The zero-order valence-corrected chi connectivity index (χ0v) is 15.2. The zero-order valence-electron chi connectivity index (χ0n) is 14.4. The fraction of sp³-hybridized carbons (Fsp3) is 0.158. The summed E-state index contributed by atoms with van der Waals surface area (Å²) in [7, 11) is 0. The van der Waals surface area contributed by atoms with Crippen LogP contribution in [0.25, 0.3) is 0 Å². The van der Waals surface area contributed by atoms with Gasteiger partial charge in [-0.1, -0.05) is 17.7 Å². The van der Waals surface area contributed by atoms with Gasteiger partial charge < -0.3 is 15.4 Å². The van der Waals surface area contributed by atoms with Gasteiger partial charge in [0, 0.05) is 16.4 Å². The van der Waals surface area contributed by atoms with E-state index >= 15 is 0 Å². The monoisotopic (exact) mass is 385 g/mol. The minimum absolute atomic E-state index is 0.222. The molecule has 0 aromatic heterocycles. The quantitative estimate of drug-likeness (QED) is 0.741. The highest BCUT2D eigenvalue weighted by Gasteiger charge is 2.12. The molecule has 2 rings (SSSR count). The molecule has 0 aliphatic heterocycles. The van der Waals surface area contributed by atoms with Gasteiger partial charge >= 0.3 is 5.97 Å². The van der Waals surface area contributed by atoms with Crippen LogP contribution in [-0.2, 0) is 14.3 Å². The van der Waals surface area contributed by atoms with E-state index in [0.29, 0.717) is 16.4 Å². The molecule has 0 radical (unpaired) electrons. The molecule has 7 nitrogen and oxygen atoms in total. The first-order valence-electron chi connectivity index (χ1n) is 7.89. The Hall–Kier alpha value is -3.37. The number of nitrogens with zero attached hydrogens (tertiary/aromatic N) is 1. The summed E-state index contributed by atoms with van der Waals surface area (Å²) in [6.45, 7) is 1.36. The molecule has 0 spiro atoms. The molecule has 0 bridgehead atoms. The van der Waals surface area contributed by atoms with Gasteiger partial charge in [-0.25, -0.2) is 4.79 Å². The lowest BCUT2D eigenvalue weighted by atomic mass is 10.2. The van der Waals surface area contributed by atoms with Crippen LogP contribution in [0.5, 0.6) is 0 Å². The molecule has 0 atom stereocenters. The number of hydrogen-bond donors (Lipinski definition) is 2. The Labute approximate surface area is 160 Å². The Morgan fingerprint density at radius 2 is 1.78 bits per heavy atom. The molecule has 0 unspecified atom stereocenters. The second-order valence-electron chi connectivity index (χ2n) is 5.54. The summed E-state index contributed by atoms with van der Waals surface area (Å²) in [5, 5.41) is 14.1. The van der Waals surface area contributed by atoms with Crippen molar-refractivity contribution < 1.29 is 19.1 Å². The number of nitrogens with one attached hydrogen (secondary N) is 2. The minimum atomic E-state index is -0.678. The average Bonchev–Trinajstić information content (AvgIpc) is 2.63. The van der Waals surface area contributed by atoms with E-state index in [0.717, 1.165) is 5.56 Å². The van der Waals surface area contributed by atoms with Gasteiger partial charge in [-0.05, 0) is 48.9 Å². The molecule has 2 aromatic rings.